The summed E-state index contributed by atoms with van der Waals surface area (Å²) in [5.41, 5.74) is 2.84. The number of aromatic nitrogens is 6. The van der Waals surface area contributed by atoms with Crippen LogP contribution in [0.2, 0.25) is 0 Å². The molecule has 0 spiro atoms. The molecule has 24 heavy (non-hydrogen) atoms. The molecule has 1 N–H and O–H groups in total. The second kappa shape index (κ2) is 5.92. The summed E-state index contributed by atoms with van der Waals surface area (Å²) in [6.45, 7) is 0. The van der Waals surface area contributed by atoms with Crippen molar-refractivity contribution in [2.45, 2.75) is 0 Å². The van der Waals surface area contributed by atoms with Gasteiger partial charge in [-0.2, -0.15) is 15.2 Å². The molecule has 0 radical (unpaired) electrons. The number of nitrogens with one attached hydrogen (secondary N) is 1. The molecule has 0 aliphatic heterocycles. The number of methoxy groups -OCH3 is 1. The number of nitrogens with zero attached hydrogens (tertiary/aromatic N) is 5. The number of hydrogen-bond donors (Lipinski definition) is 1. The summed E-state index contributed by atoms with van der Waals surface area (Å²) < 4.78 is 10.5. The van der Waals surface area contributed by atoms with Gasteiger partial charge in [0.15, 0.2) is 0 Å². The van der Waals surface area contributed by atoms with Gasteiger partial charge in [-0.25, -0.2) is 0 Å². The average Bonchev–Trinajstić information content (AvgIpc) is 3.32. The van der Waals surface area contributed by atoms with Gasteiger partial charge in [0.2, 0.25) is 5.82 Å². The smallest absolute Gasteiger partial charge is 0.276 e. The Balaban J connectivity index is 1.64. The van der Waals surface area contributed by atoms with Crippen LogP contribution in [-0.2, 0) is 0 Å². The van der Waals surface area contributed by atoms with Crippen LogP contribution < -0.4 is 4.74 Å². The van der Waals surface area contributed by atoms with E-state index in [2.05, 4.69) is 30.5 Å². The molecule has 3 heterocycles. The summed E-state index contributed by atoms with van der Waals surface area (Å²) in [5, 5.41) is 18.9. The highest BCUT2D eigenvalue weighted by Gasteiger charge is 2.14. The van der Waals surface area contributed by atoms with Crippen LogP contribution in [-0.4, -0.2) is 37.6 Å². The molecule has 1 aromatic carbocycles. The minimum Gasteiger partial charge on any atom is -0.497 e. The van der Waals surface area contributed by atoms with E-state index >= 15 is 0 Å². The van der Waals surface area contributed by atoms with Crippen molar-refractivity contribution in [1.82, 2.24) is 30.5 Å². The molecule has 4 rings (SSSR count). The molecule has 8 nitrogen and oxygen atoms in total. The SMILES string of the molecule is COc1cccc(-c2cc(-c3nc(-c4cccnn4)no3)[nH]n2)c1. The first-order valence-electron chi connectivity index (χ1n) is 7.15. The van der Waals surface area contributed by atoms with Gasteiger partial charge in [0.1, 0.15) is 17.1 Å². The van der Waals surface area contributed by atoms with Crippen LogP contribution in [0.3, 0.4) is 0 Å². The molecule has 0 aliphatic carbocycles. The second-order valence-corrected chi connectivity index (χ2v) is 4.93. The van der Waals surface area contributed by atoms with Gasteiger partial charge in [0.05, 0.1) is 12.8 Å². The molecule has 0 saturated carbocycles. The molecule has 0 amide bonds. The summed E-state index contributed by atoms with van der Waals surface area (Å²) in [6.07, 6.45) is 1.58. The Morgan fingerprint density at radius 1 is 1.08 bits per heavy atom. The van der Waals surface area contributed by atoms with E-state index in [0.29, 0.717) is 23.1 Å². The molecule has 4 aromatic rings. The van der Waals surface area contributed by atoms with Crippen molar-refractivity contribution in [3.8, 4) is 40.1 Å². The third-order valence-corrected chi connectivity index (χ3v) is 3.40. The zero-order chi connectivity index (χ0) is 16.4. The lowest BCUT2D eigenvalue weighted by molar-refractivity contribution is 0.415. The minimum atomic E-state index is 0.331. The number of aromatic amines is 1. The van der Waals surface area contributed by atoms with Crippen molar-refractivity contribution in [1.29, 1.82) is 0 Å². The monoisotopic (exact) mass is 320 g/mol. The molecule has 3 aromatic heterocycles. The third kappa shape index (κ3) is 2.60. The highest BCUT2D eigenvalue weighted by atomic mass is 16.5. The van der Waals surface area contributed by atoms with E-state index in [4.69, 9.17) is 9.26 Å². The van der Waals surface area contributed by atoms with Crippen LogP contribution in [0.4, 0.5) is 0 Å². The Bertz CT molecular complexity index is 963. The van der Waals surface area contributed by atoms with Crippen molar-refractivity contribution in [2.75, 3.05) is 7.11 Å². The number of ether oxygens (including phenoxy) is 1. The lowest BCUT2D eigenvalue weighted by Gasteiger charge is -2.00. The number of rotatable bonds is 4. The second-order valence-electron chi connectivity index (χ2n) is 4.93. The maximum absolute atomic E-state index is 5.27. The van der Waals surface area contributed by atoms with Crippen molar-refractivity contribution in [2.24, 2.45) is 0 Å². The van der Waals surface area contributed by atoms with Gasteiger partial charge < -0.3 is 9.26 Å². The first-order valence-corrected chi connectivity index (χ1v) is 7.15. The van der Waals surface area contributed by atoms with Crippen LogP contribution in [0.5, 0.6) is 5.75 Å². The molecule has 8 heteroatoms. The average molecular weight is 320 g/mol. The summed E-state index contributed by atoms with van der Waals surface area (Å²) in [4.78, 5) is 4.32. The largest absolute Gasteiger partial charge is 0.497 e. The van der Waals surface area contributed by atoms with Crippen LogP contribution >= 0.6 is 0 Å². The maximum Gasteiger partial charge on any atom is 0.276 e. The third-order valence-electron chi connectivity index (χ3n) is 3.40. The molecular weight excluding hydrogens is 308 g/mol. The van der Waals surface area contributed by atoms with Gasteiger partial charge in [0, 0.05) is 11.8 Å². The van der Waals surface area contributed by atoms with E-state index in [9.17, 15) is 0 Å². The molecular formula is C16H12N6O2. The van der Waals surface area contributed by atoms with E-state index in [1.54, 1.807) is 25.4 Å². The highest BCUT2D eigenvalue weighted by Crippen LogP contribution is 2.26. The van der Waals surface area contributed by atoms with Crippen LogP contribution in [0.25, 0.3) is 34.4 Å². The summed E-state index contributed by atoms with van der Waals surface area (Å²) in [7, 11) is 1.63. The summed E-state index contributed by atoms with van der Waals surface area (Å²) in [6, 6.07) is 13.0. The van der Waals surface area contributed by atoms with Gasteiger partial charge >= 0.3 is 0 Å². The van der Waals surface area contributed by atoms with Gasteiger partial charge in [-0.15, -0.1) is 5.10 Å². The van der Waals surface area contributed by atoms with Crippen molar-refractivity contribution in [3.63, 3.8) is 0 Å². The van der Waals surface area contributed by atoms with E-state index in [0.717, 1.165) is 17.0 Å². The Hall–Kier alpha value is -3.55. The highest BCUT2D eigenvalue weighted by molar-refractivity contribution is 5.66. The first-order chi connectivity index (χ1) is 11.8. The van der Waals surface area contributed by atoms with E-state index in [1.165, 1.54) is 0 Å². The van der Waals surface area contributed by atoms with Gasteiger partial charge in [-0.3, -0.25) is 5.10 Å². The lowest BCUT2D eigenvalue weighted by Crippen LogP contribution is -1.87. The molecule has 118 valence electrons. The first kappa shape index (κ1) is 14.1. The zero-order valence-electron chi connectivity index (χ0n) is 12.7. The summed E-state index contributed by atoms with van der Waals surface area (Å²) in [5.74, 6) is 1.47. The fourth-order valence-corrected chi connectivity index (χ4v) is 2.22. The van der Waals surface area contributed by atoms with E-state index in [-0.39, 0.29) is 0 Å². The van der Waals surface area contributed by atoms with Crippen LogP contribution in [0.1, 0.15) is 0 Å². The summed E-state index contributed by atoms with van der Waals surface area (Å²) >= 11 is 0. The predicted molar refractivity (Wildman–Crippen MR) is 84.9 cm³/mol. The Morgan fingerprint density at radius 3 is 2.88 bits per heavy atom. The van der Waals surface area contributed by atoms with Gasteiger partial charge in [-0.05, 0) is 30.3 Å². The fraction of sp³-hybridized carbons (Fsp3) is 0.0625. The van der Waals surface area contributed by atoms with Crippen LogP contribution in [0.15, 0.2) is 53.2 Å². The normalized spacial score (nSPS) is 10.7. The van der Waals surface area contributed by atoms with Crippen molar-refractivity contribution >= 4 is 0 Å². The number of H-pyrrole nitrogens is 1. The van der Waals surface area contributed by atoms with E-state index < -0.39 is 0 Å². The Labute approximate surface area is 136 Å². The zero-order valence-corrected chi connectivity index (χ0v) is 12.7. The quantitative estimate of drug-likeness (QED) is 0.616. The standard InChI is InChI=1S/C16H12N6O2/c1-23-11-5-2-4-10(8-11)13-9-14(21-20-13)16-18-15(22-24-16)12-6-3-7-17-19-12/h2-9H,1H3,(H,20,21). The molecule has 0 unspecified atom stereocenters. The van der Waals surface area contributed by atoms with E-state index in [1.807, 2.05) is 30.3 Å². The van der Waals surface area contributed by atoms with Crippen LogP contribution in [0, 0.1) is 0 Å². The van der Waals surface area contributed by atoms with Gasteiger partial charge in [-0.1, -0.05) is 17.3 Å². The minimum absolute atomic E-state index is 0.331. The number of benzene rings is 1. The Kier molecular flexibility index (Phi) is 3.47. The molecule has 0 fully saturated rings. The Morgan fingerprint density at radius 2 is 2.04 bits per heavy atom. The molecule has 0 atom stereocenters. The number of hydrogen-bond acceptors (Lipinski definition) is 7. The predicted octanol–water partition coefficient (Wildman–Crippen LogP) is 2.59. The van der Waals surface area contributed by atoms with Gasteiger partial charge in [0.25, 0.3) is 5.89 Å². The maximum atomic E-state index is 5.27. The van der Waals surface area contributed by atoms with Crippen molar-refractivity contribution in [3.05, 3.63) is 48.7 Å². The topological polar surface area (TPSA) is 103 Å². The van der Waals surface area contributed by atoms with Crippen molar-refractivity contribution < 1.29 is 9.26 Å². The molecule has 0 saturated heterocycles. The molecule has 0 aliphatic rings. The fourth-order valence-electron chi connectivity index (χ4n) is 2.22. The molecule has 0 bridgehead atoms. The lowest BCUT2D eigenvalue weighted by atomic mass is 10.1.